The Kier molecular flexibility index (Phi) is 3.89. The number of hydrogen-bond acceptors (Lipinski definition) is 4. The zero-order valence-electron chi connectivity index (χ0n) is 12.9. The molecular formula is C17H16FN5. The molecule has 5 nitrogen and oxygen atoms in total. The second kappa shape index (κ2) is 6.00. The van der Waals surface area contributed by atoms with Crippen molar-refractivity contribution in [3.63, 3.8) is 0 Å². The summed E-state index contributed by atoms with van der Waals surface area (Å²) in [6.45, 7) is 3.85. The first-order chi connectivity index (χ1) is 11.0. The lowest BCUT2D eigenvalue weighted by Gasteiger charge is -2.05. The number of hydrogen-bond donors (Lipinski definition) is 1. The first-order valence-electron chi connectivity index (χ1n) is 7.11. The Labute approximate surface area is 133 Å². The van der Waals surface area contributed by atoms with Crippen LogP contribution < -0.4 is 5.73 Å². The third kappa shape index (κ3) is 3.42. The number of halogens is 1. The van der Waals surface area contributed by atoms with Crippen molar-refractivity contribution in [3.8, 4) is 11.1 Å². The van der Waals surface area contributed by atoms with E-state index in [0.717, 1.165) is 27.9 Å². The van der Waals surface area contributed by atoms with Gasteiger partial charge in [0.1, 0.15) is 0 Å². The minimum atomic E-state index is -0.492. The summed E-state index contributed by atoms with van der Waals surface area (Å²) in [5, 5.41) is 4.32. The van der Waals surface area contributed by atoms with Crippen LogP contribution in [0.3, 0.4) is 0 Å². The standard InChI is InChI=1S/C17H16FN5/c1-11-5-13(8-21-23-10-12(2)22-17(23)19)7-15(6-11)14-3-4-16(18)20-9-14/h3-10H,1-2H3,(H2,19,22). The first-order valence-corrected chi connectivity index (χ1v) is 7.11. The molecule has 23 heavy (non-hydrogen) atoms. The number of rotatable bonds is 3. The third-order valence-electron chi connectivity index (χ3n) is 3.33. The number of nitrogen functional groups attached to an aromatic ring is 1. The van der Waals surface area contributed by atoms with E-state index in [1.165, 1.54) is 16.9 Å². The molecule has 0 aliphatic carbocycles. The highest BCUT2D eigenvalue weighted by atomic mass is 19.1. The van der Waals surface area contributed by atoms with Crippen molar-refractivity contribution >= 4 is 12.2 Å². The normalized spacial score (nSPS) is 11.3. The van der Waals surface area contributed by atoms with Gasteiger partial charge in [-0.3, -0.25) is 0 Å². The molecule has 0 atom stereocenters. The van der Waals surface area contributed by atoms with Gasteiger partial charge in [0.2, 0.25) is 11.9 Å². The van der Waals surface area contributed by atoms with E-state index in [2.05, 4.69) is 15.1 Å². The molecule has 2 N–H and O–H groups in total. The average Bonchev–Trinajstić information content (AvgIpc) is 2.83. The van der Waals surface area contributed by atoms with Crippen molar-refractivity contribution in [2.24, 2.45) is 5.10 Å². The number of aromatic nitrogens is 3. The number of nitrogens with zero attached hydrogens (tertiary/aromatic N) is 4. The second-order valence-corrected chi connectivity index (χ2v) is 5.33. The van der Waals surface area contributed by atoms with Gasteiger partial charge in [0.05, 0.1) is 18.1 Å². The Hall–Kier alpha value is -3.02. The van der Waals surface area contributed by atoms with Gasteiger partial charge < -0.3 is 5.73 Å². The molecule has 0 spiro atoms. The number of pyridine rings is 1. The fourth-order valence-electron chi connectivity index (χ4n) is 2.33. The maximum atomic E-state index is 13.0. The van der Waals surface area contributed by atoms with Gasteiger partial charge in [-0.05, 0) is 48.7 Å². The number of benzene rings is 1. The Morgan fingerprint density at radius 1 is 1.17 bits per heavy atom. The lowest BCUT2D eigenvalue weighted by molar-refractivity contribution is 0.584. The predicted octanol–water partition coefficient (Wildman–Crippen LogP) is 3.17. The van der Waals surface area contributed by atoms with Crippen molar-refractivity contribution < 1.29 is 4.39 Å². The van der Waals surface area contributed by atoms with Crippen molar-refractivity contribution in [1.29, 1.82) is 0 Å². The minimum absolute atomic E-state index is 0.342. The molecule has 2 aromatic heterocycles. The second-order valence-electron chi connectivity index (χ2n) is 5.33. The molecule has 0 unspecified atom stereocenters. The average molecular weight is 309 g/mol. The summed E-state index contributed by atoms with van der Waals surface area (Å²) in [6, 6.07) is 9.03. The summed E-state index contributed by atoms with van der Waals surface area (Å²) in [6.07, 6.45) is 4.99. The molecule has 0 aliphatic rings. The first kappa shape index (κ1) is 14.9. The van der Waals surface area contributed by atoms with E-state index in [-0.39, 0.29) is 0 Å². The number of aryl methyl sites for hydroxylation is 2. The summed E-state index contributed by atoms with van der Waals surface area (Å²) >= 11 is 0. The topological polar surface area (TPSA) is 69.1 Å². The molecule has 6 heteroatoms. The molecule has 2 heterocycles. The van der Waals surface area contributed by atoms with Crippen molar-refractivity contribution in [2.45, 2.75) is 13.8 Å². The van der Waals surface area contributed by atoms with Gasteiger partial charge in [0.15, 0.2) is 0 Å². The van der Waals surface area contributed by atoms with Crippen LogP contribution in [0.1, 0.15) is 16.8 Å². The van der Waals surface area contributed by atoms with Gasteiger partial charge in [0.25, 0.3) is 0 Å². The van der Waals surface area contributed by atoms with Crippen molar-refractivity contribution in [2.75, 3.05) is 5.73 Å². The summed E-state index contributed by atoms with van der Waals surface area (Å²) in [5.41, 5.74) is 10.4. The number of nitrogens with two attached hydrogens (primary N) is 1. The Morgan fingerprint density at radius 2 is 2.00 bits per heavy atom. The van der Waals surface area contributed by atoms with Crippen LogP contribution in [0.5, 0.6) is 0 Å². The molecule has 0 aliphatic heterocycles. The molecule has 3 rings (SSSR count). The van der Waals surface area contributed by atoms with Crippen LogP contribution in [-0.2, 0) is 0 Å². The van der Waals surface area contributed by atoms with Crippen LogP contribution in [0, 0.1) is 19.8 Å². The van der Waals surface area contributed by atoms with Gasteiger partial charge in [-0.2, -0.15) is 9.49 Å². The van der Waals surface area contributed by atoms with Crippen molar-refractivity contribution in [3.05, 3.63) is 65.5 Å². The minimum Gasteiger partial charge on any atom is -0.368 e. The monoisotopic (exact) mass is 309 g/mol. The smallest absolute Gasteiger partial charge is 0.221 e. The molecule has 0 radical (unpaired) electrons. The van der Waals surface area contributed by atoms with Crippen LogP contribution in [0.25, 0.3) is 11.1 Å². The highest BCUT2D eigenvalue weighted by Crippen LogP contribution is 2.21. The fraction of sp³-hybridized carbons (Fsp3) is 0.118. The Balaban J connectivity index is 1.94. The predicted molar refractivity (Wildman–Crippen MR) is 88.7 cm³/mol. The fourth-order valence-corrected chi connectivity index (χ4v) is 2.33. The van der Waals surface area contributed by atoms with E-state index in [1.54, 1.807) is 18.5 Å². The van der Waals surface area contributed by atoms with Crippen LogP contribution in [0.4, 0.5) is 10.3 Å². The van der Waals surface area contributed by atoms with E-state index in [9.17, 15) is 4.39 Å². The Bertz CT molecular complexity index is 865. The molecule has 0 amide bonds. The van der Waals surface area contributed by atoms with Crippen LogP contribution in [-0.4, -0.2) is 20.9 Å². The van der Waals surface area contributed by atoms with Gasteiger partial charge in [-0.25, -0.2) is 14.6 Å². The largest absolute Gasteiger partial charge is 0.368 e. The lowest BCUT2D eigenvalue weighted by Crippen LogP contribution is -1.97. The quantitative estimate of drug-likeness (QED) is 0.597. The van der Waals surface area contributed by atoms with E-state index < -0.39 is 5.95 Å². The number of anilines is 1. The van der Waals surface area contributed by atoms with E-state index >= 15 is 0 Å². The third-order valence-corrected chi connectivity index (χ3v) is 3.33. The summed E-state index contributed by atoms with van der Waals surface area (Å²) < 4.78 is 14.5. The molecule has 116 valence electrons. The summed E-state index contributed by atoms with van der Waals surface area (Å²) in [7, 11) is 0. The van der Waals surface area contributed by atoms with Crippen LogP contribution in [0.15, 0.2) is 47.8 Å². The molecule has 0 saturated heterocycles. The van der Waals surface area contributed by atoms with Gasteiger partial charge >= 0.3 is 0 Å². The molecule has 0 saturated carbocycles. The number of imidazole rings is 1. The molecule has 0 fully saturated rings. The molecule has 0 bridgehead atoms. The maximum Gasteiger partial charge on any atom is 0.221 e. The van der Waals surface area contributed by atoms with Crippen molar-refractivity contribution in [1.82, 2.24) is 14.6 Å². The van der Waals surface area contributed by atoms with Crippen LogP contribution in [0.2, 0.25) is 0 Å². The van der Waals surface area contributed by atoms with E-state index in [1.807, 2.05) is 32.0 Å². The molecular weight excluding hydrogens is 293 g/mol. The highest BCUT2D eigenvalue weighted by Gasteiger charge is 2.03. The maximum absolute atomic E-state index is 13.0. The zero-order chi connectivity index (χ0) is 16.4. The van der Waals surface area contributed by atoms with Gasteiger partial charge in [-0.15, -0.1) is 0 Å². The van der Waals surface area contributed by atoms with Crippen LogP contribution >= 0.6 is 0 Å². The van der Waals surface area contributed by atoms with Gasteiger partial charge in [-0.1, -0.05) is 12.1 Å². The highest BCUT2D eigenvalue weighted by molar-refractivity contribution is 5.83. The molecule has 1 aromatic carbocycles. The van der Waals surface area contributed by atoms with E-state index in [4.69, 9.17) is 5.73 Å². The summed E-state index contributed by atoms with van der Waals surface area (Å²) in [5.74, 6) is -0.150. The molecule has 3 aromatic rings. The summed E-state index contributed by atoms with van der Waals surface area (Å²) in [4.78, 5) is 7.79. The lowest BCUT2D eigenvalue weighted by atomic mass is 10.0. The Morgan fingerprint density at radius 3 is 2.65 bits per heavy atom. The van der Waals surface area contributed by atoms with E-state index in [0.29, 0.717) is 5.95 Å². The van der Waals surface area contributed by atoms with Gasteiger partial charge in [0, 0.05) is 11.8 Å². The zero-order valence-corrected chi connectivity index (χ0v) is 12.9. The SMILES string of the molecule is Cc1cc(C=Nn2cc(C)nc2N)cc(-c2ccc(F)nc2)c1.